The Morgan fingerprint density at radius 1 is 0.949 bits per heavy atom. The predicted molar refractivity (Wildman–Crippen MR) is 154 cm³/mol. The number of carbonyl (C=O) groups excluding carboxylic acids is 3. The van der Waals surface area contributed by atoms with Gasteiger partial charge in [0.15, 0.2) is 0 Å². The Bertz CT molecular complexity index is 1040. The fraction of sp³-hybridized carbons (Fsp3) is 0.406. The molecule has 0 saturated heterocycles. The highest BCUT2D eigenvalue weighted by molar-refractivity contribution is 5.86. The average Bonchev–Trinajstić information content (AvgIpc) is 2.95. The summed E-state index contributed by atoms with van der Waals surface area (Å²) in [4.78, 5) is 38.9. The van der Waals surface area contributed by atoms with Gasteiger partial charge in [-0.25, -0.2) is 0 Å². The van der Waals surface area contributed by atoms with E-state index in [2.05, 4.69) is 23.8 Å². The third kappa shape index (κ3) is 11.7. The minimum absolute atomic E-state index is 0.0319. The summed E-state index contributed by atoms with van der Waals surface area (Å²) in [6, 6.07) is 18.2. The molecule has 4 atom stereocenters. The van der Waals surface area contributed by atoms with Crippen molar-refractivity contribution in [3.05, 3.63) is 97.1 Å². The first-order valence-electron chi connectivity index (χ1n) is 13.6. The molecular formula is C32H42N2O5. The van der Waals surface area contributed by atoms with Crippen LogP contribution in [0.4, 0.5) is 0 Å². The number of aliphatic hydroxyl groups excluding tert-OH is 1. The standard InChI is InChI=1S/C32H42N2O5/c1-4-6-9-19-28(20-25-15-10-7-11-16-25)32(38)39-23-29(26-17-12-8-13-18-26)34-31(37)27(14-5-2)21-30(36)33-24(3)22-35/h4-5,7-8,10-13,15-18,24,27-29,35H,1-2,6,9,14,19-23H2,3H3,(H,33,36)(H,34,37)/t24-,27-,28-,29+/m1/s1. The lowest BCUT2D eigenvalue weighted by atomic mass is 9.94. The fourth-order valence-electron chi connectivity index (χ4n) is 4.28. The van der Waals surface area contributed by atoms with Crippen LogP contribution in [0.1, 0.15) is 56.2 Å². The summed E-state index contributed by atoms with van der Waals surface area (Å²) in [5, 5.41) is 14.9. The maximum Gasteiger partial charge on any atom is 0.309 e. The molecule has 0 aliphatic carbocycles. The van der Waals surface area contributed by atoms with Crippen molar-refractivity contribution in [2.75, 3.05) is 13.2 Å². The molecule has 0 unspecified atom stereocenters. The van der Waals surface area contributed by atoms with E-state index in [1.807, 2.05) is 66.7 Å². The number of carbonyl (C=O) groups is 3. The average molecular weight is 535 g/mol. The first kappa shape index (κ1) is 31.5. The van der Waals surface area contributed by atoms with E-state index >= 15 is 0 Å². The molecular weight excluding hydrogens is 492 g/mol. The van der Waals surface area contributed by atoms with E-state index in [0.717, 1.165) is 24.0 Å². The molecule has 0 bridgehead atoms. The normalized spacial score (nSPS) is 13.8. The van der Waals surface area contributed by atoms with E-state index in [9.17, 15) is 19.5 Å². The number of nitrogens with one attached hydrogen (secondary N) is 2. The summed E-state index contributed by atoms with van der Waals surface area (Å²) in [5.74, 6) is -1.94. The van der Waals surface area contributed by atoms with Gasteiger partial charge >= 0.3 is 5.97 Å². The van der Waals surface area contributed by atoms with Gasteiger partial charge in [-0.1, -0.05) is 72.8 Å². The molecule has 0 aliphatic rings. The molecule has 3 N–H and O–H groups in total. The van der Waals surface area contributed by atoms with Gasteiger partial charge in [0.1, 0.15) is 6.61 Å². The van der Waals surface area contributed by atoms with Crippen molar-refractivity contribution in [1.29, 1.82) is 0 Å². The van der Waals surface area contributed by atoms with Gasteiger partial charge < -0.3 is 20.5 Å². The van der Waals surface area contributed by atoms with Crippen LogP contribution in [-0.2, 0) is 25.5 Å². The topological polar surface area (TPSA) is 105 Å². The molecule has 0 spiro atoms. The summed E-state index contributed by atoms with van der Waals surface area (Å²) in [6.45, 7) is 8.95. The Labute approximate surface area is 232 Å². The number of aliphatic hydroxyl groups is 1. The first-order chi connectivity index (χ1) is 18.9. The fourth-order valence-corrected chi connectivity index (χ4v) is 4.28. The zero-order valence-corrected chi connectivity index (χ0v) is 22.9. The predicted octanol–water partition coefficient (Wildman–Crippen LogP) is 4.68. The zero-order chi connectivity index (χ0) is 28.5. The minimum Gasteiger partial charge on any atom is -0.463 e. The summed E-state index contributed by atoms with van der Waals surface area (Å²) in [5.41, 5.74) is 1.85. The van der Waals surface area contributed by atoms with Crippen LogP contribution in [0.5, 0.6) is 0 Å². The van der Waals surface area contributed by atoms with E-state index in [4.69, 9.17) is 4.74 Å². The van der Waals surface area contributed by atoms with Crippen LogP contribution in [0, 0.1) is 11.8 Å². The lowest BCUT2D eigenvalue weighted by Gasteiger charge is -2.24. The Hall–Kier alpha value is -3.71. The molecule has 210 valence electrons. The van der Waals surface area contributed by atoms with Gasteiger partial charge in [0.25, 0.3) is 0 Å². The van der Waals surface area contributed by atoms with E-state index in [1.54, 1.807) is 13.0 Å². The van der Waals surface area contributed by atoms with Crippen LogP contribution in [0.25, 0.3) is 0 Å². The number of rotatable bonds is 18. The molecule has 7 heteroatoms. The quantitative estimate of drug-likeness (QED) is 0.146. The molecule has 7 nitrogen and oxygen atoms in total. The Balaban J connectivity index is 2.13. The molecule has 0 aliphatic heterocycles. The molecule has 2 rings (SSSR count). The molecule has 0 fully saturated rings. The van der Waals surface area contributed by atoms with E-state index in [0.29, 0.717) is 19.3 Å². The van der Waals surface area contributed by atoms with Gasteiger partial charge in [0, 0.05) is 12.5 Å². The molecule has 39 heavy (non-hydrogen) atoms. The zero-order valence-electron chi connectivity index (χ0n) is 22.9. The van der Waals surface area contributed by atoms with Crippen molar-refractivity contribution in [3.63, 3.8) is 0 Å². The Morgan fingerprint density at radius 3 is 2.23 bits per heavy atom. The van der Waals surface area contributed by atoms with Gasteiger partial charge in [0.2, 0.25) is 11.8 Å². The van der Waals surface area contributed by atoms with Crippen molar-refractivity contribution in [2.24, 2.45) is 11.8 Å². The monoisotopic (exact) mass is 534 g/mol. The number of amides is 2. The van der Waals surface area contributed by atoms with Gasteiger partial charge in [-0.05, 0) is 50.2 Å². The number of allylic oxidation sites excluding steroid dienone is 2. The highest BCUT2D eigenvalue weighted by Gasteiger charge is 2.27. The van der Waals surface area contributed by atoms with Crippen LogP contribution in [0.15, 0.2) is 86.0 Å². The lowest BCUT2D eigenvalue weighted by molar-refractivity contribution is -0.150. The second-order valence-electron chi connectivity index (χ2n) is 9.78. The number of hydrogen-bond acceptors (Lipinski definition) is 5. The van der Waals surface area contributed by atoms with Gasteiger partial charge in [-0.2, -0.15) is 0 Å². The maximum atomic E-state index is 13.3. The molecule has 2 amide bonds. The van der Waals surface area contributed by atoms with Crippen molar-refractivity contribution in [2.45, 2.75) is 57.5 Å². The first-order valence-corrected chi connectivity index (χ1v) is 13.6. The van der Waals surface area contributed by atoms with Gasteiger partial charge in [-0.3, -0.25) is 14.4 Å². The highest BCUT2D eigenvalue weighted by Crippen LogP contribution is 2.21. The second-order valence-corrected chi connectivity index (χ2v) is 9.78. The van der Waals surface area contributed by atoms with Crippen LogP contribution >= 0.6 is 0 Å². The smallest absolute Gasteiger partial charge is 0.309 e. The van der Waals surface area contributed by atoms with E-state index in [-0.39, 0.29) is 43.3 Å². The largest absolute Gasteiger partial charge is 0.463 e. The second kappa shape index (κ2) is 17.7. The SMILES string of the molecule is C=CCCC[C@H](Cc1ccccc1)C(=O)OC[C@H](NC(=O)[C@H](CC=C)CC(=O)N[C@H](C)CO)c1ccccc1. The highest BCUT2D eigenvalue weighted by atomic mass is 16.5. The lowest BCUT2D eigenvalue weighted by Crippen LogP contribution is -2.41. The Kier molecular flexibility index (Phi) is 14.3. The van der Waals surface area contributed by atoms with Gasteiger partial charge in [-0.15, -0.1) is 13.2 Å². The van der Waals surface area contributed by atoms with Gasteiger partial charge in [0.05, 0.1) is 24.5 Å². The van der Waals surface area contributed by atoms with Crippen LogP contribution in [0.3, 0.4) is 0 Å². The molecule has 0 radical (unpaired) electrons. The summed E-state index contributed by atoms with van der Waals surface area (Å²) >= 11 is 0. The van der Waals surface area contributed by atoms with Crippen LogP contribution in [0.2, 0.25) is 0 Å². The summed E-state index contributed by atoms with van der Waals surface area (Å²) in [6.07, 6.45) is 6.58. The van der Waals surface area contributed by atoms with Crippen molar-refractivity contribution < 1.29 is 24.2 Å². The van der Waals surface area contributed by atoms with Crippen molar-refractivity contribution in [1.82, 2.24) is 10.6 Å². The number of hydrogen-bond donors (Lipinski definition) is 3. The van der Waals surface area contributed by atoms with Crippen LogP contribution < -0.4 is 10.6 Å². The maximum absolute atomic E-state index is 13.3. The molecule has 2 aromatic rings. The molecule has 0 aromatic heterocycles. The molecule has 0 heterocycles. The number of unbranched alkanes of at least 4 members (excludes halogenated alkanes) is 1. The Morgan fingerprint density at radius 2 is 1.62 bits per heavy atom. The molecule has 2 aromatic carbocycles. The van der Waals surface area contributed by atoms with E-state index < -0.39 is 18.0 Å². The number of ether oxygens (including phenoxy) is 1. The third-order valence-corrected chi connectivity index (χ3v) is 6.46. The van der Waals surface area contributed by atoms with Crippen LogP contribution in [-0.4, -0.2) is 42.1 Å². The summed E-state index contributed by atoms with van der Waals surface area (Å²) < 4.78 is 5.81. The number of benzene rings is 2. The van der Waals surface area contributed by atoms with Crippen molar-refractivity contribution in [3.8, 4) is 0 Å². The number of esters is 1. The van der Waals surface area contributed by atoms with E-state index in [1.165, 1.54) is 0 Å². The molecule has 0 saturated carbocycles. The minimum atomic E-state index is -0.653. The van der Waals surface area contributed by atoms with Crippen molar-refractivity contribution >= 4 is 17.8 Å². The third-order valence-electron chi connectivity index (χ3n) is 6.46. The summed E-state index contributed by atoms with van der Waals surface area (Å²) in [7, 11) is 0.